The Morgan fingerprint density at radius 2 is 2.00 bits per heavy atom. The van der Waals surface area contributed by atoms with Crippen molar-refractivity contribution in [2.75, 3.05) is 11.4 Å². The van der Waals surface area contributed by atoms with Crippen LogP contribution < -0.4 is 15.5 Å². The van der Waals surface area contributed by atoms with Crippen molar-refractivity contribution in [3.63, 3.8) is 0 Å². The first-order chi connectivity index (χ1) is 16.2. The largest absolute Gasteiger partial charge is 0.372 e. The average Bonchev–Trinajstić information content (AvgIpc) is 3.37. The van der Waals surface area contributed by atoms with Gasteiger partial charge in [-0.15, -0.1) is 11.3 Å². The molecule has 34 heavy (non-hydrogen) atoms. The third-order valence-electron chi connectivity index (χ3n) is 6.49. The van der Waals surface area contributed by atoms with Crippen LogP contribution in [0.2, 0.25) is 5.02 Å². The van der Waals surface area contributed by atoms with Crippen molar-refractivity contribution in [2.45, 2.75) is 38.5 Å². The van der Waals surface area contributed by atoms with Gasteiger partial charge < -0.3 is 14.2 Å². The van der Waals surface area contributed by atoms with Crippen molar-refractivity contribution in [2.24, 2.45) is 5.41 Å². The molecule has 14 heteroatoms. The van der Waals surface area contributed by atoms with Crippen LogP contribution in [0.3, 0.4) is 0 Å². The molecule has 176 valence electrons. The molecule has 3 atom stereocenters. The van der Waals surface area contributed by atoms with E-state index in [2.05, 4.69) is 36.7 Å². The summed E-state index contributed by atoms with van der Waals surface area (Å²) in [6, 6.07) is -1.57. The molecular formula is C20H16BrClN6O5S. The molecule has 2 fully saturated rings. The minimum Gasteiger partial charge on any atom is -0.372 e. The van der Waals surface area contributed by atoms with Crippen LogP contribution in [0, 0.1) is 5.41 Å². The van der Waals surface area contributed by atoms with Crippen molar-refractivity contribution in [1.29, 1.82) is 0 Å². The second-order valence-corrected chi connectivity index (χ2v) is 11.2. The number of rotatable bonds is 1. The number of barbiturate groups is 1. The highest BCUT2D eigenvalue weighted by Gasteiger charge is 2.63. The molecule has 6 heterocycles. The summed E-state index contributed by atoms with van der Waals surface area (Å²) in [4.78, 5) is 50.0. The molecule has 0 saturated carbocycles. The molecule has 3 aliphatic heterocycles. The first-order valence-corrected chi connectivity index (χ1v) is 12.4. The Morgan fingerprint density at radius 3 is 2.68 bits per heavy atom. The lowest BCUT2D eigenvalue weighted by Gasteiger charge is -2.55. The highest BCUT2D eigenvalue weighted by Crippen LogP contribution is 2.50. The maximum Gasteiger partial charge on any atom is 0.328 e. The van der Waals surface area contributed by atoms with Crippen molar-refractivity contribution in [3.05, 3.63) is 20.8 Å². The van der Waals surface area contributed by atoms with Crippen LogP contribution in [-0.4, -0.2) is 57.8 Å². The van der Waals surface area contributed by atoms with Gasteiger partial charge in [0.15, 0.2) is 15.0 Å². The van der Waals surface area contributed by atoms with E-state index in [1.54, 1.807) is 13.1 Å². The van der Waals surface area contributed by atoms with E-state index >= 15 is 0 Å². The molecule has 11 nitrogen and oxygen atoms in total. The molecule has 0 radical (unpaired) electrons. The van der Waals surface area contributed by atoms with Crippen molar-refractivity contribution >= 4 is 73.5 Å². The van der Waals surface area contributed by atoms with Crippen LogP contribution in [-0.2, 0) is 20.7 Å². The Bertz CT molecular complexity index is 1390. The summed E-state index contributed by atoms with van der Waals surface area (Å²) in [5.74, 6) is -1.39. The second-order valence-electron chi connectivity index (χ2n) is 8.54. The van der Waals surface area contributed by atoms with Crippen LogP contribution in [0.15, 0.2) is 14.6 Å². The van der Waals surface area contributed by atoms with E-state index in [-0.39, 0.29) is 17.5 Å². The molecule has 3 aliphatic rings. The number of imide groups is 2. The zero-order chi connectivity index (χ0) is 23.9. The number of hydrogen-bond acceptors (Lipinski definition) is 10. The van der Waals surface area contributed by atoms with E-state index in [1.165, 1.54) is 11.3 Å². The lowest BCUT2D eigenvalue weighted by molar-refractivity contribution is -0.153. The first-order valence-electron chi connectivity index (χ1n) is 10.4. The van der Waals surface area contributed by atoms with Gasteiger partial charge in [-0.25, -0.2) is 14.8 Å². The lowest BCUT2D eigenvalue weighted by Crippen LogP contribution is -2.75. The summed E-state index contributed by atoms with van der Waals surface area (Å²) in [7, 11) is 0. The number of nitrogens with one attached hydrogen (secondary N) is 2. The summed E-state index contributed by atoms with van der Waals surface area (Å²) >= 11 is 11.6. The fourth-order valence-corrected chi connectivity index (χ4v) is 6.87. The Hall–Kier alpha value is -2.61. The summed E-state index contributed by atoms with van der Waals surface area (Å²) in [6.07, 6.45) is 0.825. The number of morpholine rings is 1. The first kappa shape index (κ1) is 21.9. The number of pyridine rings is 1. The van der Waals surface area contributed by atoms with Crippen LogP contribution in [0.5, 0.6) is 0 Å². The van der Waals surface area contributed by atoms with Gasteiger partial charge in [-0.05, 0) is 29.8 Å². The van der Waals surface area contributed by atoms with E-state index in [0.717, 1.165) is 0 Å². The third-order valence-corrected chi connectivity index (χ3v) is 8.32. The van der Waals surface area contributed by atoms with E-state index < -0.39 is 35.4 Å². The normalized spacial score (nSPS) is 25.8. The van der Waals surface area contributed by atoms with Gasteiger partial charge in [0.25, 0.3) is 0 Å². The van der Waals surface area contributed by atoms with Gasteiger partial charge in [-0.3, -0.25) is 20.2 Å². The zero-order valence-corrected chi connectivity index (χ0v) is 20.9. The predicted octanol–water partition coefficient (Wildman–Crippen LogP) is 2.65. The van der Waals surface area contributed by atoms with Crippen LogP contribution in [0.1, 0.15) is 19.5 Å². The number of anilines is 1. The lowest BCUT2D eigenvalue weighted by atomic mass is 9.67. The van der Waals surface area contributed by atoms with E-state index in [1.807, 2.05) is 11.8 Å². The van der Waals surface area contributed by atoms with Gasteiger partial charge in [-0.2, -0.15) is 0 Å². The average molecular weight is 568 g/mol. The minimum atomic E-state index is -1.64. The minimum absolute atomic E-state index is 0.0802. The third kappa shape index (κ3) is 2.90. The molecule has 6 rings (SSSR count). The number of urea groups is 1. The SMILES string of the molecule is C[C@H]1CN2c3c(nc4c(-c5cnc(Br)s5)noc4c3Cl)CC3(C(=O)NC(=O)NC3=O)[C@@H]2[C@@H](C)O1. The summed E-state index contributed by atoms with van der Waals surface area (Å²) in [5, 5.41) is 8.97. The Balaban J connectivity index is 1.60. The molecule has 1 spiro atoms. The number of nitrogens with zero attached hydrogens (tertiary/aromatic N) is 4. The monoisotopic (exact) mass is 566 g/mol. The van der Waals surface area contributed by atoms with Gasteiger partial charge in [0.05, 0.1) is 34.5 Å². The predicted molar refractivity (Wildman–Crippen MR) is 125 cm³/mol. The number of carbonyl (C=O) groups excluding carboxylic acids is 3. The number of thiazole rings is 1. The number of fused-ring (bicyclic) bond motifs is 5. The van der Waals surface area contributed by atoms with Gasteiger partial charge in [0, 0.05) is 19.2 Å². The highest BCUT2D eigenvalue weighted by molar-refractivity contribution is 9.11. The molecule has 3 aromatic heterocycles. The molecule has 0 unspecified atom stereocenters. The van der Waals surface area contributed by atoms with Gasteiger partial charge in [-0.1, -0.05) is 16.8 Å². The zero-order valence-electron chi connectivity index (χ0n) is 17.7. The number of amides is 4. The summed E-state index contributed by atoms with van der Waals surface area (Å²) in [6.45, 7) is 4.05. The molecule has 0 aliphatic carbocycles. The quantitative estimate of drug-likeness (QED) is 0.425. The number of hydrogen-bond donors (Lipinski definition) is 2. The molecule has 2 N–H and O–H groups in total. The molecule has 3 aromatic rings. The summed E-state index contributed by atoms with van der Waals surface area (Å²) < 4.78 is 12.3. The molecule has 4 amide bonds. The standard InChI is InChI=1S/C20H16BrClN6O5S/c1-6-5-28-13-8(3-20(15(28)7(2)32-6)16(29)25-19(31)26-17(20)30)24-12-11(9-4-23-18(21)34-9)27-33-14(12)10(13)22/h4,6-7,15H,3,5H2,1-2H3,(H2,25,26,29,30,31)/t6-,7+,15-/m0/s1. The van der Waals surface area contributed by atoms with E-state index in [9.17, 15) is 14.4 Å². The van der Waals surface area contributed by atoms with Gasteiger partial charge >= 0.3 is 6.03 Å². The topological polar surface area (TPSA) is 140 Å². The molecular weight excluding hydrogens is 552 g/mol. The Labute approximate surface area is 209 Å². The van der Waals surface area contributed by atoms with Crippen LogP contribution in [0.4, 0.5) is 10.5 Å². The smallest absolute Gasteiger partial charge is 0.328 e. The summed E-state index contributed by atoms with van der Waals surface area (Å²) in [5.41, 5.74) is 0.510. The van der Waals surface area contributed by atoms with E-state index in [0.29, 0.717) is 43.5 Å². The molecule has 0 aromatic carbocycles. The van der Waals surface area contributed by atoms with Crippen molar-refractivity contribution in [1.82, 2.24) is 25.8 Å². The molecule has 2 saturated heterocycles. The molecule has 0 bridgehead atoms. The van der Waals surface area contributed by atoms with Crippen molar-refractivity contribution in [3.8, 4) is 10.6 Å². The number of ether oxygens (including phenoxy) is 1. The second kappa shape index (κ2) is 7.44. The fourth-order valence-electron chi connectivity index (χ4n) is 5.28. The van der Waals surface area contributed by atoms with Crippen LogP contribution >= 0.6 is 38.9 Å². The fraction of sp³-hybridized carbons (Fsp3) is 0.400. The highest BCUT2D eigenvalue weighted by atomic mass is 79.9. The maximum atomic E-state index is 13.3. The number of halogens is 2. The number of carbonyl (C=O) groups is 3. The van der Waals surface area contributed by atoms with Crippen molar-refractivity contribution < 1.29 is 23.6 Å². The van der Waals surface area contributed by atoms with Gasteiger partial charge in [0.1, 0.15) is 10.5 Å². The Kier molecular flexibility index (Phi) is 4.79. The maximum absolute atomic E-state index is 13.3. The van der Waals surface area contributed by atoms with Gasteiger partial charge in [0.2, 0.25) is 17.4 Å². The van der Waals surface area contributed by atoms with E-state index in [4.69, 9.17) is 25.8 Å². The van der Waals surface area contributed by atoms with Crippen LogP contribution in [0.25, 0.3) is 21.7 Å². The Morgan fingerprint density at radius 1 is 1.26 bits per heavy atom. The number of aromatic nitrogens is 3.